The molecule has 0 aliphatic rings. The molecule has 0 radical (unpaired) electrons. The molecule has 0 amide bonds. The first-order valence-corrected chi connectivity index (χ1v) is 5.00. The predicted molar refractivity (Wildman–Crippen MR) is 60.5 cm³/mol. The number of aromatic nitrogens is 3. The molecule has 0 atom stereocenters. The van der Waals surface area contributed by atoms with Crippen molar-refractivity contribution in [2.24, 2.45) is 0 Å². The zero-order valence-electron chi connectivity index (χ0n) is 10.3. The Morgan fingerprint density at radius 2 is 1.87 bits per heavy atom. The van der Waals surface area contributed by atoms with Gasteiger partial charge in [0.15, 0.2) is 0 Å². The zero-order chi connectivity index (χ0) is 11.9. The van der Waals surface area contributed by atoms with Gasteiger partial charge < -0.3 is 10.0 Å². The minimum absolute atomic E-state index is 0.500. The molecular formula is C10H22N4O. The molecule has 1 N–H and O–H groups in total. The standard InChI is InChI=1S/C6H12N4.C4H10O/c1-9(2)5-6-10-4-3-7-8-10;1-4(2,3)5/h3-4H,5-6H2,1-2H3;5H,1-3H3. The molecule has 0 aliphatic heterocycles. The fraction of sp³-hybridized carbons (Fsp3) is 0.800. The normalized spacial score (nSPS) is 11.1. The predicted octanol–water partition coefficient (Wildman–Crippen LogP) is 0.617. The van der Waals surface area contributed by atoms with Gasteiger partial charge in [-0.1, -0.05) is 5.21 Å². The topological polar surface area (TPSA) is 54.2 Å². The Hall–Kier alpha value is -0.940. The quantitative estimate of drug-likeness (QED) is 0.801. The molecule has 0 aromatic carbocycles. The molecule has 0 saturated heterocycles. The number of nitrogens with zero attached hydrogens (tertiary/aromatic N) is 4. The van der Waals surface area contributed by atoms with Crippen molar-refractivity contribution in [3.8, 4) is 0 Å². The summed E-state index contributed by atoms with van der Waals surface area (Å²) in [5.74, 6) is 0. The highest BCUT2D eigenvalue weighted by Gasteiger charge is 1.97. The van der Waals surface area contributed by atoms with Gasteiger partial charge in [0.2, 0.25) is 0 Å². The van der Waals surface area contributed by atoms with Gasteiger partial charge in [0.1, 0.15) is 0 Å². The van der Waals surface area contributed by atoms with Crippen molar-refractivity contribution in [1.29, 1.82) is 0 Å². The Morgan fingerprint density at radius 1 is 1.33 bits per heavy atom. The van der Waals surface area contributed by atoms with Crippen LogP contribution in [-0.4, -0.2) is 51.2 Å². The average Bonchev–Trinajstić information content (AvgIpc) is 2.48. The Kier molecular flexibility index (Phi) is 6.12. The highest BCUT2D eigenvalue weighted by Crippen LogP contribution is 1.93. The summed E-state index contributed by atoms with van der Waals surface area (Å²) in [7, 11) is 4.08. The smallest absolute Gasteiger partial charge is 0.0692 e. The van der Waals surface area contributed by atoms with Gasteiger partial charge in [0, 0.05) is 12.7 Å². The molecule has 1 aromatic heterocycles. The molecule has 0 fully saturated rings. The van der Waals surface area contributed by atoms with E-state index < -0.39 is 5.60 Å². The largest absolute Gasteiger partial charge is 0.391 e. The van der Waals surface area contributed by atoms with Crippen molar-refractivity contribution >= 4 is 0 Å². The first-order valence-electron chi connectivity index (χ1n) is 5.00. The molecule has 1 heterocycles. The van der Waals surface area contributed by atoms with E-state index in [4.69, 9.17) is 5.11 Å². The molecule has 15 heavy (non-hydrogen) atoms. The van der Waals surface area contributed by atoms with Crippen molar-refractivity contribution in [1.82, 2.24) is 19.9 Å². The Labute approximate surface area is 91.7 Å². The second-order valence-corrected chi connectivity index (χ2v) is 4.64. The number of likely N-dealkylation sites (N-methyl/N-ethyl adjacent to an activating group) is 1. The van der Waals surface area contributed by atoms with Gasteiger partial charge in [-0.3, -0.25) is 4.68 Å². The van der Waals surface area contributed by atoms with Gasteiger partial charge in [-0.05, 0) is 34.9 Å². The maximum absolute atomic E-state index is 8.52. The van der Waals surface area contributed by atoms with Gasteiger partial charge in [0.25, 0.3) is 0 Å². The summed E-state index contributed by atoms with van der Waals surface area (Å²) < 4.78 is 1.82. The van der Waals surface area contributed by atoms with Crippen LogP contribution in [0.2, 0.25) is 0 Å². The monoisotopic (exact) mass is 214 g/mol. The average molecular weight is 214 g/mol. The number of rotatable bonds is 3. The summed E-state index contributed by atoms with van der Waals surface area (Å²) >= 11 is 0. The van der Waals surface area contributed by atoms with Crippen LogP contribution in [0.3, 0.4) is 0 Å². The minimum Gasteiger partial charge on any atom is -0.391 e. The number of hydrogen-bond acceptors (Lipinski definition) is 4. The van der Waals surface area contributed by atoms with Gasteiger partial charge in [-0.2, -0.15) is 0 Å². The second-order valence-electron chi connectivity index (χ2n) is 4.64. The Morgan fingerprint density at radius 3 is 2.20 bits per heavy atom. The molecule has 0 unspecified atom stereocenters. The summed E-state index contributed by atoms with van der Waals surface area (Å²) in [6.45, 7) is 7.14. The zero-order valence-corrected chi connectivity index (χ0v) is 10.3. The molecule has 0 aliphatic carbocycles. The van der Waals surface area contributed by atoms with Crippen molar-refractivity contribution in [3.05, 3.63) is 12.4 Å². The summed E-state index contributed by atoms with van der Waals surface area (Å²) in [5, 5.41) is 16.0. The van der Waals surface area contributed by atoms with Gasteiger partial charge in [-0.25, -0.2) is 0 Å². The van der Waals surface area contributed by atoms with Gasteiger partial charge >= 0.3 is 0 Å². The van der Waals surface area contributed by atoms with E-state index in [2.05, 4.69) is 15.2 Å². The molecule has 1 aromatic rings. The lowest BCUT2D eigenvalue weighted by Gasteiger charge is -2.07. The third kappa shape index (κ3) is 13.1. The first kappa shape index (κ1) is 14.1. The van der Waals surface area contributed by atoms with E-state index in [9.17, 15) is 0 Å². The van der Waals surface area contributed by atoms with Crippen LogP contribution >= 0.6 is 0 Å². The van der Waals surface area contributed by atoms with Crippen molar-refractivity contribution < 1.29 is 5.11 Å². The fourth-order valence-corrected chi connectivity index (χ4v) is 0.654. The van der Waals surface area contributed by atoms with Crippen LogP contribution in [0, 0.1) is 0 Å². The van der Waals surface area contributed by atoms with Crippen LogP contribution in [-0.2, 0) is 6.54 Å². The van der Waals surface area contributed by atoms with Crippen molar-refractivity contribution in [2.75, 3.05) is 20.6 Å². The molecule has 88 valence electrons. The lowest BCUT2D eigenvalue weighted by Crippen LogP contribution is -2.18. The first-order chi connectivity index (χ1) is 6.79. The molecule has 0 spiro atoms. The summed E-state index contributed by atoms with van der Waals surface area (Å²) in [5.41, 5.74) is -0.500. The lowest BCUT2D eigenvalue weighted by molar-refractivity contribution is 0.102. The van der Waals surface area contributed by atoms with E-state index in [1.165, 1.54) is 0 Å². The van der Waals surface area contributed by atoms with E-state index in [1.807, 2.05) is 25.0 Å². The van der Waals surface area contributed by atoms with Crippen LogP contribution in [0.25, 0.3) is 0 Å². The van der Waals surface area contributed by atoms with Crippen molar-refractivity contribution in [3.63, 3.8) is 0 Å². The Balaban J connectivity index is 0.000000336. The van der Waals surface area contributed by atoms with Gasteiger partial charge in [-0.15, -0.1) is 5.10 Å². The van der Waals surface area contributed by atoms with Crippen LogP contribution in [0.15, 0.2) is 12.4 Å². The lowest BCUT2D eigenvalue weighted by atomic mass is 10.2. The van der Waals surface area contributed by atoms with Crippen LogP contribution in [0.4, 0.5) is 0 Å². The fourth-order valence-electron chi connectivity index (χ4n) is 0.654. The van der Waals surface area contributed by atoms with Gasteiger partial charge in [0.05, 0.1) is 18.3 Å². The Bertz CT molecular complexity index is 232. The second kappa shape index (κ2) is 6.53. The molecule has 5 heteroatoms. The van der Waals surface area contributed by atoms with E-state index in [0.717, 1.165) is 13.1 Å². The molecule has 1 rings (SSSR count). The number of hydrogen-bond donors (Lipinski definition) is 1. The molecule has 5 nitrogen and oxygen atoms in total. The van der Waals surface area contributed by atoms with Crippen LogP contribution in [0.5, 0.6) is 0 Å². The van der Waals surface area contributed by atoms with E-state index in [0.29, 0.717) is 0 Å². The third-order valence-corrected chi connectivity index (χ3v) is 1.25. The maximum atomic E-state index is 8.52. The summed E-state index contributed by atoms with van der Waals surface area (Å²) in [6, 6.07) is 0. The van der Waals surface area contributed by atoms with Crippen LogP contribution in [0.1, 0.15) is 20.8 Å². The molecular weight excluding hydrogens is 192 g/mol. The molecule has 0 saturated carbocycles. The van der Waals surface area contributed by atoms with Crippen molar-refractivity contribution in [2.45, 2.75) is 32.9 Å². The summed E-state index contributed by atoms with van der Waals surface area (Å²) in [4.78, 5) is 2.11. The van der Waals surface area contributed by atoms with Crippen LogP contribution < -0.4 is 0 Å². The molecule has 0 bridgehead atoms. The van der Waals surface area contributed by atoms with E-state index in [1.54, 1.807) is 27.0 Å². The van der Waals surface area contributed by atoms with E-state index >= 15 is 0 Å². The number of aliphatic hydroxyl groups is 1. The SMILES string of the molecule is CC(C)(C)O.CN(C)CCn1ccnn1. The highest BCUT2D eigenvalue weighted by molar-refractivity contribution is 4.63. The third-order valence-electron chi connectivity index (χ3n) is 1.25. The van der Waals surface area contributed by atoms with E-state index in [-0.39, 0.29) is 0 Å². The highest BCUT2D eigenvalue weighted by atomic mass is 16.3. The summed E-state index contributed by atoms with van der Waals surface area (Å²) in [6.07, 6.45) is 3.55. The minimum atomic E-state index is -0.500. The maximum Gasteiger partial charge on any atom is 0.0692 e.